The first-order valence-corrected chi connectivity index (χ1v) is 9.24. The molecule has 6 nitrogen and oxygen atoms in total. The number of para-hydroxylation sites is 1. The van der Waals surface area contributed by atoms with Gasteiger partial charge in [0.25, 0.3) is 5.92 Å². The number of alkyl halides is 2. The summed E-state index contributed by atoms with van der Waals surface area (Å²) in [6, 6.07) is 9.36. The molecule has 4 rings (SSSR count). The van der Waals surface area contributed by atoms with Gasteiger partial charge in [-0.25, -0.2) is 22.8 Å². The van der Waals surface area contributed by atoms with Gasteiger partial charge in [-0.2, -0.15) is 5.10 Å². The minimum absolute atomic E-state index is 0.195. The number of carbonyl (C=O) groups excluding carboxylic acids is 1. The summed E-state index contributed by atoms with van der Waals surface area (Å²) >= 11 is 0. The summed E-state index contributed by atoms with van der Waals surface area (Å²) in [5, 5.41) is 4.38. The molecule has 2 aliphatic rings. The second-order valence-corrected chi connectivity index (χ2v) is 7.48. The summed E-state index contributed by atoms with van der Waals surface area (Å²) in [6.45, 7) is 0.969. The number of hydrogen-bond donors (Lipinski definition) is 0. The van der Waals surface area contributed by atoms with E-state index in [-0.39, 0.29) is 18.0 Å². The molecule has 1 saturated heterocycles. The quantitative estimate of drug-likeness (QED) is 0.820. The number of halogens is 2. The summed E-state index contributed by atoms with van der Waals surface area (Å²) in [5.74, 6) is -3.40. The lowest BCUT2D eigenvalue weighted by atomic mass is 9.93. The molecule has 0 spiro atoms. The van der Waals surface area contributed by atoms with E-state index in [0.29, 0.717) is 25.3 Å². The van der Waals surface area contributed by atoms with Crippen molar-refractivity contribution in [3.63, 3.8) is 0 Å². The Morgan fingerprint density at radius 2 is 1.85 bits per heavy atom. The molecule has 1 atom stereocenters. The number of piperidine rings is 1. The van der Waals surface area contributed by atoms with Crippen LogP contribution in [0.3, 0.4) is 0 Å². The van der Waals surface area contributed by atoms with Crippen molar-refractivity contribution in [3.8, 4) is 5.69 Å². The molecule has 144 valence electrons. The molecule has 1 aliphatic heterocycles. The van der Waals surface area contributed by atoms with Gasteiger partial charge in [-0.05, 0) is 30.9 Å². The van der Waals surface area contributed by atoms with E-state index in [1.54, 1.807) is 16.5 Å². The van der Waals surface area contributed by atoms with Crippen LogP contribution in [0, 0.1) is 11.8 Å². The van der Waals surface area contributed by atoms with Crippen LogP contribution in [-0.2, 0) is 18.3 Å². The molecule has 1 aliphatic carbocycles. The lowest BCUT2D eigenvalue weighted by Gasteiger charge is -2.32. The number of nitrogens with zero attached hydrogens (tertiary/aromatic N) is 4. The second kappa shape index (κ2) is 6.58. The average molecular weight is 376 g/mol. The van der Waals surface area contributed by atoms with E-state index in [1.165, 1.54) is 4.68 Å². The number of hydrogen-bond acceptors (Lipinski definition) is 3. The maximum atomic E-state index is 13.1. The SMILES string of the molecule is Cn1nc(CC2CCN(C(=O)[C@H]3CC3(F)F)CC2)n(-c2ccccc2)c1=O. The lowest BCUT2D eigenvalue weighted by molar-refractivity contribution is -0.136. The van der Waals surface area contributed by atoms with Crippen molar-refractivity contribution in [1.29, 1.82) is 0 Å². The van der Waals surface area contributed by atoms with Gasteiger partial charge in [-0.15, -0.1) is 0 Å². The number of aryl methyl sites for hydroxylation is 1. The highest BCUT2D eigenvalue weighted by atomic mass is 19.3. The molecule has 0 N–H and O–H groups in total. The molecule has 1 saturated carbocycles. The first-order chi connectivity index (χ1) is 12.9. The van der Waals surface area contributed by atoms with Crippen LogP contribution in [0.1, 0.15) is 25.1 Å². The number of rotatable bonds is 4. The van der Waals surface area contributed by atoms with Gasteiger partial charge in [-0.3, -0.25) is 4.79 Å². The van der Waals surface area contributed by atoms with E-state index in [0.717, 1.165) is 18.5 Å². The zero-order chi connectivity index (χ0) is 19.2. The summed E-state index contributed by atoms with van der Waals surface area (Å²) in [6.07, 6.45) is 1.75. The van der Waals surface area contributed by atoms with Gasteiger partial charge in [0.1, 0.15) is 11.7 Å². The first kappa shape index (κ1) is 17.9. The minimum atomic E-state index is -2.81. The third kappa shape index (κ3) is 3.40. The fourth-order valence-electron chi connectivity index (χ4n) is 3.80. The highest BCUT2D eigenvalue weighted by Crippen LogP contribution is 2.49. The molecular weight excluding hydrogens is 354 g/mol. The van der Waals surface area contributed by atoms with Crippen LogP contribution in [0.2, 0.25) is 0 Å². The van der Waals surface area contributed by atoms with Crippen LogP contribution in [-0.4, -0.2) is 44.2 Å². The Balaban J connectivity index is 1.44. The Kier molecular flexibility index (Phi) is 4.36. The highest BCUT2D eigenvalue weighted by molar-refractivity contribution is 5.83. The van der Waals surface area contributed by atoms with E-state index < -0.39 is 17.7 Å². The van der Waals surface area contributed by atoms with Crippen LogP contribution in [0.5, 0.6) is 0 Å². The molecule has 2 fully saturated rings. The third-order valence-corrected chi connectivity index (χ3v) is 5.53. The van der Waals surface area contributed by atoms with Crippen molar-refractivity contribution < 1.29 is 13.6 Å². The monoisotopic (exact) mass is 376 g/mol. The molecule has 2 heterocycles. The van der Waals surface area contributed by atoms with Crippen molar-refractivity contribution >= 4 is 5.91 Å². The molecule has 8 heteroatoms. The maximum Gasteiger partial charge on any atom is 0.350 e. The number of aromatic nitrogens is 3. The molecule has 0 unspecified atom stereocenters. The largest absolute Gasteiger partial charge is 0.350 e. The van der Waals surface area contributed by atoms with Crippen molar-refractivity contribution in [2.75, 3.05) is 13.1 Å². The van der Waals surface area contributed by atoms with Gasteiger partial charge >= 0.3 is 5.69 Å². The Bertz CT molecular complexity index is 898. The zero-order valence-corrected chi connectivity index (χ0v) is 15.1. The standard InChI is InChI=1S/C19H22F2N4O2/c1-23-18(27)25(14-5-3-2-4-6-14)16(22-23)11-13-7-9-24(10-8-13)17(26)15-12-19(15,20)21/h2-6,13,15H,7-12H2,1H3/t15-/m1/s1. The van der Waals surface area contributed by atoms with E-state index in [4.69, 9.17) is 0 Å². The maximum absolute atomic E-state index is 13.1. The molecule has 1 aromatic heterocycles. The van der Waals surface area contributed by atoms with Crippen LogP contribution in [0.4, 0.5) is 8.78 Å². The summed E-state index contributed by atoms with van der Waals surface area (Å²) in [4.78, 5) is 26.1. The second-order valence-electron chi connectivity index (χ2n) is 7.48. The highest BCUT2D eigenvalue weighted by Gasteiger charge is 2.62. The fourth-order valence-corrected chi connectivity index (χ4v) is 3.80. The predicted octanol–water partition coefficient (Wildman–Crippen LogP) is 2.01. The van der Waals surface area contributed by atoms with Crippen molar-refractivity contribution in [1.82, 2.24) is 19.2 Å². The molecule has 27 heavy (non-hydrogen) atoms. The van der Waals surface area contributed by atoms with Gasteiger partial charge in [0.15, 0.2) is 0 Å². The number of benzene rings is 1. The first-order valence-electron chi connectivity index (χ1n) is 9.24. The van der Waals surface area contributed by atoms with Crippen LogP contribution in [0.25, 0.3) is 5.69 Å². The normalized spacial score (nSPS) is 22.0. The average Bonchev–Trinajstić information content (AvgIpc) is 3.21. The van der Waals surface area contributed by atoms with Gasteiger partial charge in [0, 0.05) is 33.0 Å². The molecule has 0 bridgehead atoms. The fraction of sp³-hybridized carbons (Fsp3) is 0.526. The smallest absolute Gasteiger partial charge is 0.342 e. The lowest BCUT2D eigenvalue weighted by Crippen LogP contribution is -2.40. The number of carbonyl (C=O) groups is 1. The van der Waals surface area contributed by atoms with Crippen molar-refractivity contribution in [3.05, 3.63) is 46.6 Å². The topological polar surface area (TPSA) is 60.1 Å². The van der Waals surface area contributed by atoms with Crippen LogP contribution >= 0.6 is 0 Å². The van der Waals surface area contributed by atoms with Crippen molar-refractivity contribution in [2.24, 2.45) is 18.9 Å². The van der Waals surface area contributed by atoms with Gasteiger partial charge in [0.05, 0.1) is 5.69 Å². The predicted molar refractivity (Wildman–Crippen MR) is 94.9 cm³/mol. The molecule has 1 amide bonds. The zero-order valence-electron chi connectivity index (χ0n) is 15.1. The summed E-state index contributed by atoms with van der Waals surface area (Å²) < 4.78 is 29.2. The van der Waals surface area contributed by atoms with Gasteiger partial charge in [0.2, 0.25) is 5.91 Å². The van der Waals surface area contributed by atoms with E-state index in [1.807, 2.05) is 30.3 Å². The van der Waals surface area contributed by atoms with E-state index in [9.17, 15) is 18.4 Å². The minimum Gasteiger partial charge on any atom is -0.342 e. The Labute approximate surface area is 155 Å². The molecular formula is C19H22F2N4O2. The van der Waals surface area contributed by atoms with Crippen LogP contribution < -0.4 is 5.69 Å². The van der Waals surface area contributed by atoms with Gasteiger partial charge in [-0.1, -0.05) is 18.2 Å². The third-order valence-electron chi connectivity index (χ3n) is 5.53. The number of amides is 1. The molecule has 2 aromatic rings. The summed E-state index contributed by atoms with van der Waals surface area (Å²) in [7, 11) is 1.63. The van der Waals surface area contributed by atoms with Gasteiger partial charge < -0.3 is 4.90 Å². The Morgan fingerprint density at radius 3 is 2.44 bits per heavy atom. The Morgan fingerprint density at radius 1 is 1.22 bits per heavy atom. The van der Waals surface area contributed by atoms with Crippen LogP contribution in [0.15, 0.2) is 35.1 Å². The number of likely N-dealkylation sites (tertiary alicyclic amines) is 1. The van der Waals surface area contributed by atoms with E-state index >= 15 is 0 Å². The van der Waals surface area contributed by atoms with Crippen molar-refractivity contribution in [2.45, 2.75) is 31.6 Å². The van der Waals surface area contributed by atoms with E-state index in [2.05, 4.69) is 5.10 Å². The summed E-state index contributed by atoms with van der Waals surface area (Å²) in [5.41, 5.74) is 0.578. The Hall–Kier alpha value is -2.51. The molecule has 1 aromatic carbocycles. The molecule has 0 radical (unpaired) electrons.